The quantitative estimate of drug-likeness (QED) is 0.0268. The van der Waals surface area contributed by atoms with Crippen LogP contribution in [0.4, 0.5) is 0 Å². The average Bonchev–Trinajstić information content (AvgIpc) is 3.30. The summed E-state index contributed by atoms with van der Waals surface area (Å²) in [6, 6.07) is 0. The van der Waals surface area contributed by atoms with Gasteiger partial charge >= 0.3 is 17.9 Å². The van der Waals surface area contributed by atoms with Crippen LogP contribution in [-0.2, 0) is 28.6 Å². The number of aliphatic hydroxyl groups is 2. The van der Waals surface area contributed by atoms with Gasteiger partial charge < -0.3 is 24.4 Å². The van der Waals surface area contributed by atoms with E-state index in [9.17, 15) is 24.6 Å². The second-order valence-electron chi connectivity index (χ2n) is 18.5. The lowest BCUT2D eigenvalue weighted by Crippen LogP contribution is -2.30. The Morgan fingerprint density at radius 2 is 0.708 bits per heavy atom. The highest BCUT2D eigenvalue weighted by molar-refractivity contribution is 5.71. The lowest BCUT2D eigenvalue weighted by atomic mass is 10.1. The minimum Gasteiger partial charge on any atom is -0.462 e. The van der Waals surface area contributed by atoms with E-state index in [0.29, 0.717) is 12.8 Å². The zero-order valence-corrected chi connectivity index (χ0v) is 42.5. The molecule has 378 valence electrons. The van der Waals surface area contributed by atoms with Crippen LogP contribution >= 0.6 is 0 Å². The Labute approximate surface area is 400 Å². The number of hydrogen-bond acceptors (Lipinski definition) is 8. The Morgan fingerprint density at radius 3 is 1.12 bits per heavy atom. The first-order valence-corrected chi connectivity index (χ1v) is 27.3. The predicted molar refractivity (Wildman–Crippen MR) is 273 cm³/mol. The molecular formula is C57H102O8. The van der Waals surface area contributed by atoms with E-state index in [-0.39, 0.29) is 49.8 Å². The first-order chi connectivity index (χ1) is 31.8. The van der Waals surface area contributed by atoms with Crippen molar-refractivity contribution in [2.45, 2.75) is 283 Å². The maximum absolute atomic E-state index is 12.8. The van der Waals surface area contributed by atoms with E-state index in [1.807, 2.05) is 0 Å². The van der Waals surface area contributed by atoms with Crippen LogP contribution in [0.5, 0.6) is 0 Å². The molecule has 0 radical (unpaired) electrons. The smallest absolute Gasteiger partial charge is 0.306 e. The molecule has 0 bridgehead atoms. The van der Waals surface area contributed by atoms with Crippen molar-refractivity contribution < 1.29 is 38.8 Å². The predicted octanol–water partition coefficient (Wildman–Crippen LogP) is 15.8. The molecule has 1 unspecified atom stereocenters. The molecule has 65 heavy (non-hydrogen) atoms. The fourth-order valence-corrected chi connectivity index (χ4v) is 7.67. The van der Waals surface area contributed by atoms with Crippen molar-refractivity contribution in [2.75, 3.05) is 13.2 Å². The number of carbonyl (C=O) groups excluding carboxylic acids is 3. The highest BCUT2D eigenvalue weighted by Crippen LogP contribution is 2.15. The lowest BCUT2D eigenvalue weighted by Gasteiger charge is -2.18. The minimum atomic E-state index is -0.822. The molecule has 0 rings (SSSR count). The number of allylic oxidation sites excluding steroid dienone is 6. The van der Waals surface area contributed by atoms with Gasteiger partial charge in [0.25, 0.3) is 0 Å². The molecule has 0 aliphatic rings. The van der Waals surface area contributed by atoms with Crippen LogP contribution < -0.4 is 0 Å². The molecule has 0 aromatic carbocycles. The van der Waals surface area contributed by atoms with E-state index < -0.39 is 6.10 Å². The topological polar surface area (TPSA) is 119 Å². The highest BCUT2D eigenvalue weighted by atomic mass is 16.6. The van der Waals surface area contributed by atoms with Gasteiger partial charge in [-0.05, 0) is 103 Å². The third kappa shape index (κ3) is 49.0. The van der Waals surface area contributed by atoms with Crippen LogP contribution in [0, 0.1) is 0 Å². The molecule has 0 saturated carbocycles. The van der Waals surface area contributed by atoms with Crippen LogP contribution in [0.15, 0.2) is 48.6 Å². The number of aliphatic hydroxyl groups excluding tert-OH is 2. The second kappa shape index (κ2) is 50.7. The maximum atomic E-state index is 12.8. The molecule has 0 heterocycles. The summed E-state index contributed by atoms with van der Waals surface area (Å²) in [5, 5.41) is 20.2. The third-order valence-corrected chi connectivity index (χ3v) is 11.9. The molecule has 0 aromatic heterocycles. The van der Waals surface area contributed by atoms with Crippen molar-refractivity contribution in [1.82, 2.24) is 0 Å². The van der Waals surface area contributed by atoms with Crippen molar-refractivity contribution >= 4 is 17.9 Å². The Hall–Kier alpha value is -2.71. The summed E-state index contributed by atoms with van der Waals surface area (Å²) in [6.07, 6.45) is 54.1. The number of hydrogen-bond donors (Lipinski definition) is 2. The number of esters is 3. The molecule has 8 nitrogen and oxygen atoms in total. The van der Waals surface area contributed by atoms with Crippen LogP contribution in [-0.4, -0.2) is 59.6 Å². The Bertz CT molecular complexity index is 1180. The van der Waals surface area contributed by atoms with Crippen molar-refractivity contribution in [1.29, 1.82) is 0 Å². The highest BCUT2D eigenvalue weighted by Gasteiger charge is 2.19. The minimum absolute atomic E-state index is 0.117. The van der Waals surface area contributed by atoms with E-state index >= 15 is 0 Å². The average molecular weight is 915 g/mol. The first kappa shape index (κ1) is 62.3. The monoisotopic (exact) mass is 915 g/mol. The van der Waals surface area contributed by atoms with Gasteiger partial charge in [-0.3, -0.25) is 14.4 Å². The van der Waals surface area contributed by atoms with E-state index in [2.05, 4.69) is 69.4 Å². The summed E-state index contributed by atoms with van der Waals surface area (Å²) in [7, 11) is 0. The summed E-state index contributed by atoms with van der Waals surface area (Å²) < 4.78 is 16.8. The summed E-state index contributed by atoms with van der Waals surface area (Å²) >= 11 is 0. The molecule has 8 heteroatoms. The van der Waals surface area contributed by atoms with Crippen LogP contribution in [0.1, 0.15) is 265 Å². The molecule has 0 spiro atoms. The maximum Gasteiger partial charge on any atom is 0.306 e. The SMILES string of the molecule is CCCCC/C=C/C/C=C\CCCCCCCC(=O)OCC(COC(=O)CCCCCCC/C=C\C[C@H](O)CCCCCC)OC(=O)CCCCCCC/C=C\C[C@H](O)CCCCCC. The number of carbonyl (C=O) groups is 3. The van der Waals surface area contributed by atoms with Gasteiger partial charge in [0.15, 0.2) is 6.10 Å². The molecule has 0 fully saturated rings. The van der Waals surface area contributed by atoms with Gasteiger partial charge in [-0.1, -0.05) is 191 Å². The zero-order valence-electron chi connectivity index (χ0n) is 42.5. The summed E-state index contributed by atoms with van der Waals surface area (Å²) in [5.74, 6) is -1.00. The summed E-state index contributed by atoms with van der Waals surface area (Å²) in [6.45, 7) is 6.39. The molecular weight excluding hydrogens is 813 g/mol. The van der Waals surface area contributed by atoms with Crippen LogP contribution in [0.3, 0.4) is 0 Å². The van der Waals surface area contributed by atoms with Gasteiger partial charge in [0.1, 0.15) is 13.2 Å². The van der Waals surface area contributed by atoms with Gasteiger partial charge in [0, 0.05) is 19.3 Å². The van der Waals surface area contributed by atoms with Gasteiger partial charge in [-0.2, -0.15) is 0 Å². The second-order valence-corrected chi connectivity index (χ2v) is 18.5. The van der Waals surface area contributed by atoms with Gasteiger partial charge in [0.05, 0.1) is 12.2 Å². The van der Waals surface area contributed by atoms with Gasteiger partial charge in [-0.15, -0.1) is 0 Å². The molecule has 0 saturated heterocycles. The summed E-state index contributed by atoms with van der Waals surface area (Å²) in [4.78, 5) is 38.1. The number of rotatable bonds is 49. The number of unbranched alkanes of at least 4 members (excludes halogenated alkanes) is 24. The molecule has 0 amide bonds. The van der Waals surface area contributed by atoms with Crippen molar-refractivity contribution in [3.8, 4) is 0 Å². The normalized spacial score (nSPS) is 13.4. The third-order valence-electron chi connectivity index (χ3n) is 11.9. The standard InChI is InChI=1S/C57H102O8/c1-4-7-10-13-14-15-16-17-18-19-20-21-28-33-40-47-55(60)63-50-54(65-57(62)49-42-35-30-25-23-27-32-39-46-53(59)44-37-12-9-6-3)51-64-56(61)48-41-34-29-24-22-26-31-38-45-52(58)43-36-11-8-5-2/h14-15,17-18,31-32,38-39,52-54,58-59H,4-13,16,19-30,33-37,40-51H2,1-3H3/b15-14+,18-17-,38-31-,39-32-/t52-,53-,54?/m1/s1. The molecule has 3 atom stereocenters. The van der Waals surface area contributed by atoms with E-state index in [1.54, 1.807) is 0 Å². The zero-order chi connectivity index (χ0) is 47.5. The van der Waals surface area contributed by atoms with Crippen molar-refractivity contribution in [3.63, 3.8) is 0 Å². The van der Waals surface area contributed by atoms with E-state index in [4.69, 9.17) is 14.2 Å². The Balaban J connectivity index is 4.49. The fourth-order valence-electron chi connectivity index (χ4n) is 7.67. The van der Waals surface area contributed by atoms with Gasteiger partial charge in [0.2, 0.25) is 0 Å². The largest absolute Gasteiger partial charge is 0.462 e. The number of ether oxygens (including phenoxy) is 3. The fraction of sp³-hybridized carbons (Fsp3) is 0.807. The Morgan fingerprint density at radius 1 is 0.385 bits per heavy atom. The molecule has 0 aliphatic heterocycles. The van der Waals surface area contributed by atoms with E-state index in [0.717, 1.165) is 161 Å². The van der Waals surface area contributed by atoms with Crippen LogP contribution in [0.2, 0.25) is 0 Å². The van der Waals surface area contributed by atoms with E-state index in [1.165, 1.54) is 64.2 Å². The summed E-state index contributed by atoms with van der Waals surface area (Å²) in [5.41, 5.74) is 0. The Kier molecular flexibility index (Phi) is 48.6. The van der Waals surface area contributed by atoms with Crippen molar-refractivity contribution in [2.24, 2.45) is 0 Å². The molecule has 2 N–H and O–H groups in total. The van der Waals surface area contributed by atoms with Gasteiger partial charge in [-0.25, -0.2) is 0 Å². The first-order valence-electron chi connectivity index (χ1n) is 27.3. The molecule has 0 aliphatic carbocycles. The van der Waals surface area contributed by atoms with Crippen molar-refractivity contribution in [3.05, 3.63) is 48.6 Å². The van der Waals surface area contributed by atoms with Crippen LogP contribution in [0.25, 0.3) is 0 Å². The lowest BCUT2D eigenvalue weighted by molar-refractivity contribution is -0.167. The molecule has 0 aromatic rings.